The zero-order chi connectivity index (χ0) is 11.4. The maximum absolute atomic E-state index is 5.53. The predicted molar refractivity (Wildman–Crippen MR) is 68.1 cm³/mol. The van der Waals surface area contributed by atoms with Gasteiger partial charge in [-0.2, -0.15) is 0 Å². The number of aryl methyl sites for hydroxylation is 1. The van der Waals surface area contributed by atoms with Crippen molar-refractivity contribution in [1.29, 1.82) is 0 Å². The van der Waals surface area contributed by atoms with E-state index in [-0.39, 0.29) is 0 Å². The first-order valence-corrected chi connectivity index (χ1v) is 6.33. The fourth-order valence-corrected chi connectivity index (χ4v) is 2.20. The van der Waals surface area contributed by atoms with Gasteiger partial charge in [-0.3, -0.25) is 0 Å². The molecular weight excluding hydrogens is 218 g/mol. The molecule has 84 valence electrons. The van der Waals surface area contributed by atoms with Crippen LogP contribution in [0.25, 0.3) is 10.6 Å². The number of hydrogen-bond acceptors (Lipinski definition) is 3. The largest absolute Gasteiger partial charge is 0.494 e. The molecule has 1 aromatic heterocycles. The van der Waals surface area contributed by atoms with Gasteiger partial charge < -0.3 is 4.74 Å². The van der Waals surface area contributed by atoms with Crippen LogP contribution in [0.1, 0.15) is 19.0 Å². The summed E-state index contributed by atoms with van der Waals surface area (Å²) in [6, 6.07) is 8.12. The van der Waals surface area contributed by atoms with Crippen molar-refractivity contribution in [2.45, 2.75) is 20.3 Å². The molecule has 2 aromatic rings. The Morgan fingerprint density at radius 2 is 2.00 bits per heavy atom. The van der Waals surface area contributed by atoms with E-state index in [1.54, 1.807) is 11.3 Å². The highest BCUT2D eigenvalue weighted by molar-refractivity contribution is 7.13. The summed E-state index contributed by atoms with van der Waals surface area (Å²) in [6.07, 6.45) is 1.04. The Balaban J connectivity index is 2.13. The molecule has 3 heteroatoms. The molecule has 0 bridgehead atoms. The van der Waals surface area contributed by atoms with Gasteiger partial charge in [-0.15, -0.1) is 11.3 Å². The molecule has 0 radical (unpaired) electrons. The smallest absolute Gasteiger partial charge is 0.123 e. The lowest BCUT2D eigenvalue weighted by Gasteiger charge is -2.04. The zero-order valence-corrected chi connectivity index (χ0v) is 10.4. The number of aromatic nitrogens is 1. The monoisotopic (exact) mass is 233 g/mol. The van der Waals surface area contributed by atoms with Crippen molar-refractivity contribution in [3.63, 3.8) is 0 Å². The Hall–Kier alpha value is -1.35. The molecule has 0 unspecified atom stereocenters. The number of benzene rings is 1. The summed E-state index contributed by atoms with van der Waals surface area (Å²) in [5.74, 6) is 0.930. The van der Waals surface area contributed by atoms with Crippen LogP contribution in [0.2, 0.25) is 0 Å². The minimum Gasteiger partial charge on any atom is -0.494 e. The van der Waals surface area contributed by atoms with E-state index in [0.29, 0.717) is 0 Å². The molecule has 0 aliphatic carbocycles. The van der Waals surface area contributed by atoms with E-state index in [0.717, 1.165) is 35.0 Å². The highest BCUT2D eigenvalue weighted by Gasteiger charge is 2.02. The van der Waals surface area contributed by atoms with Crippen molar-refractivity contribution in [1.82, 2.24) is 4.98 Å². The zero-order valence-electron chi connectivity index (χ0n) is 9.56. The van der Waals surface area contributed by atoms with Crippen molar-refractivity contribution in [3.8, 4) is 16.3 Å². The van der Waals surface area contributed by atoms with Gasteiger partial charge in [0.15, 0.2) is 0 Å². The minimum absolute atomic E-state index is 0.774. The van der Waals surface area contributed by atoms with Gasteiger partial charge in [-0.05, 0) is 37.6 Å². The topological polar surface area (TPSA) is 22.1 Å². The molecule has 16 heavy (non-hydrogen) atoms. The second-order valence-corrected chi connectivity index (χ2v) is 4.52. The molecule has 0 N–H and O–H groups in total. The van der Waals surface area contributed by atoms with Crippen LogP contribution in [0, 0.1) is 6.92 Å². The van der Waals surface area contributed by atoms with Crippen LogP contribution in [0.4, 0.5) is 0 Å². The SMILES string of the molecule is CCCOc1ccc(-c2nc(C)cs2)cc1. The van der Waals surface area contributed by atoms with E-state index in [1.165, 1.54) is 0 Å². The van der Waals surface area contributed by atoms with E-state index in [1.807, 2.05) is 19.1 Å². The summed E-state index contributed by atoms with van der Waals surface area (Å²) in [7, 11) is 0. The van der Waals surface area contributed by atoms with Crippen molar-refractivity contribution in [3.05, 3.63) is 35.3 Å². The Labute approximate surface area is 99.9 Å². The van der Waals surface area contributed by atoms with Crippen molar-refractivity contribution < 1.29 is 4.74 Å². The highest BCUT2D eigenvalue weighted by Crippen LogP contribution is 2.25. The first kappa shape index (κ1) is 11.1. The lowest BCUT2D eigenvalue weighted by Crippen LogP contribution is -1.94. The highest BCUT2D eigenvalue weighted by atomic mass is 32.1. The predicted octanol–water partition coefficient (Wildman–Crippen LogP) is 3.91. The van der Waals surface area contributed by atoms with Crippen LogP contribution in [0.15, 0.2) is 29.6 Å². The molecule has 0 saturated carbocycles. The average Bonchev–Trinajstić information content (AvgIpc) is 2.74. The van der Waals surface area contributed by atoms with Gasteiger partial charge in [0.2, 0.25) is 0 Å². The molecule has 1 heterocycles. The molecule has 0 fully saturated rings. The Morgan fingerprint density at radius 3 is 2.56 bits per heavy atom. The number of thiazole rings is 1. The summed E-state index contributed by atoms with van der Waals surface area (Å²) in [5, 5.41) is 3.14. The van der Waals surface area contributed by atoms with E-state index in [4.69, 9.17) is 4.74 Å². The molecule has 0 saturated heterocycles. The average molecular weight is 233 g/mol. The molecule has 0 spiro atoms. The Morgan fingerprint density at radius 1 is 1.25 bits per heavy atom. The minimum atomic E-state index is 0.774. The fraction of sp³-hybridized carbons (Fsp3) is 0.308. The van der Waals surface area contributed by atoms with E-state index < -0.39 is 0 Å². The normalized spacial score (nSPS) is 10.4. The molecular formula is C13H15NOS. The molecule has 0 aliphatic rings. The van der Waals surface area contributed by atoms with Gasteiger partial charge in [-0.25, -0.2) is 4.98 Å². The summed E-state index contributed by atoms with van der Waals surface area (Å²) >= 11 is 1.67. The van der Waals surface area contributed by atoms with Crippen molar-refractivity contribution in [2.24, 2.45) is 0 Å². The molecule has 1 aromatic carbocycles. The maximum Gasteiger partial charge on any atom is 0.123 e. The van der Waals surface area contributed by atoms with Crippen LogP contribution in [-0.4, -0.2) is 11.6 Å². The molecule has 0 amide bonds. The second-order valence-electron chi connectivity index (χ2n) is 3.67. The van der Waals surface area contributed by atoms with Crippen LogP contribution < -0.4 is 4.74 Å². The third kappa shape index (κ3) is 2.61. The van der Waals surface area contributed by atoms with Crippen molar-refractivity contribution >= 4 is 11.3 Å². The summed E-state index contributed by atoms with van der Waals surface area (Å²) in [4.78, 5) is 4.45. The Bertz CT molecular complexity index is 447. The summed E-state index contributed by atoms with van der Waals surface area (Å²) in [5.41, 5.74) is 2.23. The van der Waals surface area contributed by atoms with Crippen LogP contribution in [0.5, 0.6) is 5.75 Å². The second kappa shape index (κ2) is 5.12. The van der Waals surface area contributed by atoms with Crippen LogP contribution in [-0.2, 0) is 0 Å². The van der Waals surface area contributed by atoms with E-state index in [9.17, 15) is 0 Å². The fourth-order valence-electron chi connectivity index (χ4n) is 1.40. The number of hydrogen-bond donors (Lipinski definition) is 0. The lowest BCUT2D eigenvalue weighted by atomic mass is 10.2. The number of nitrogens with zero attached hydrogens (tertiary/aromatic N) is 1. The van der Waals surface area contributed by atoms with Gasteiger partial charge in [0.1, 0.15) is 10.8 Å². The van der Waals surface area contributed by atoms with Gasteiger partial charge >= 0.3 is 0 Å². The third-order valence-electron chi connectivity index (χ3n) is 2.19. The van der Waals surface area contributed by atoms with Crippen LogP contribution >= 0.6 is 11.3 Å². The van der Waals surface area contributed by atoms with Gasteiger partial charge in [-0.1, -0.05) is 6.92 Å². The first-order valence-electron chi connectivity index (χ1n) is 5.45. The quantitative estimate of drug-likeness (QED) is 0.798. The summed E-state index contributed by atoms with van der Waals surface area (Å²) in [6.45, 7) is 4.89. The molecule has 2 rings (SSSR count). The van der Waals surface area contributed by atoms with Gasteiger partial charge in [0.05, 0.1) is 6.61 Å². The number of rotatable bonds is 4. The third-order valence-corrected chi connectivity index (χ3v) is 3.20. The molecule has 0 aliphatic heterocycles. The van der Waals surface area contributed by atoms with Gasteiger partial charge in [0.25, 0.3) is 0 Å². The van der Waals surface area contributed by atoms with Crippen molar-refractivity contribution in [2.75, 3.05) is 6.61 Å². The number of ether oxygens (including phenoxy) is 1. The Kier molecular flexibility index (Phi) is 3.57. The summed E-state index contributed by atoms with van der Waals surface area (Å²) < 4.78 is 5.53. The first-order chi connectivity index (χ1) is 7.79. The maximum atomic E-state index is 5.53. The van der Waals surface area contributed by atoms with E-state index in [2.05, 4.69) is 29.4 Å². The van der Waals surface area contributed by atoms with E-state index >= 15 is 0 Å². The standard InChI is InChI=1S/C13H15NOS/c1-3-8-15-12-6-4-11(5-7-12)13-14-10(2)9-16-13/h4-7,9H,3,8H2,1-2H3. The molecule has 0 atom stereocenters. The van der Waals surface area contributed by atoms with Crippen LogP contribution in [0.3, 0.4) is 0 Å². The lowest BCUT2D eigenvalue weighted by molar-refractivity contribution is 0.317. The molecule has 2 nitrogen and oxygen atoms in total. The van der Waals surface area contributed by atoms with Gasteiger partial charge in [0, 0.05) is 16.6 Å².